The highest BCUT2D eigenvalue weighted by Crippen LogP contribution is 2.32. The number of hydrogen-bond donors (Lipinski definition) is 1. The Morgan fingerprint density at radius 3 is 2.47 bits per heavy atom. The van der Waals surface area contributed by atoms with Gasteiger partial charge in [-0.2, -0.15) is 18.4 Å². The van der Waals surface area contributed by atoms with Crippen molar-refractivity contribution in [1.29, 1.82) is 5.26 Å². The van der Waals surface area contributed by atoms with Gasteiger partial charge < -0.3 is 5.32 Å². The molecular weight excluding hydrogens is 255 g/mol. The molecule has 0 aromatic carbocycles. The maximum absolute atomic E-state index is 12.7. The Morgan fingerprint density at radius 2 is 2.00 bits per heavy atom. The zero-order valence-electron chi connectivity index (χ0n) is 10.9. The average Bonchev–Trinajstić information content (AvgIpc) is 2.98. The lowest BCUT2D eigenvalue weighted by molar-refractivity contribution is -0.163. The third kappa shape index (κ3) is 4.66. The lowest BCUT2D eigenvalue weighted by Gasteiger charge is -2.28. The molecule has 2 aliphatic rings. The fourth-order valence-corrected chi connectivity index (χ4v) is 2.59. The standard InChI is InChI=1S/C13H20F3N3/c14-13(15,16)11(6-17)8-19(7-10-3-4-10)9-12-2-1-5-18-12/h10-12,18H,1-5,7-9H2. The summed E-state index contributed by atoms with van der Waals surface area (Å²) in [5.74, 6) is -1.33. The monoisotopic (exact) mass is 275 g/mol. The molecule has 2 fully saturated rings. The number of nitrogens with zero attached hydrogens (tertiary/aromatic N) is 2. The minimum atomic E-state index is -4.42. The van der Waals surface area contributed by atoms with Gasteiger partial charge in [0, 0.05) is 25.7 Å². The Kier molecular flexibility index (Phi) is 4.69. The summed E-state index contributed by atoms with van der Waals surface area (Å²) in [7, 11) is 0. The largest absolute Gasteiger partial charge is 0.405 e. The Hall–Kier alpha value is -0.800. The second-order valence-corrected chi connectivity index (χ2v) is 5.68. The van der Waals surface area contributed by atoms with Crippen molar-refractivity contribution in [2.45, 2.75) is 37.9 Å². The van der Waals surface area contributed by atoms with Crippen LogP contribution < -0.4 is 5.32 Å². The van der Waals surface area contributed by atoms with Gasteiger partial charge in [0.15, 0.2) is 5.92 Å². The van der Waals surface area contributed by atoms with Gasteiger partial charge in [-0.1, -0.05) is 0 Å². The van der Waals surface area contributed by atoms with Crippen LogP contribution in [0.4, 0.5) is 13.2 Å². The molecule has 0 amide bonds. The van der Waals surface area contributed by atoms with E-state index in [1.807, 2.05) is 4.90 Å². The van der Waals surface area contributed by atoms with Crippen LogP contribution in [0.25, 0.3) is 0 Å². The maximum Gasteiger partial charge on any atom is 0.405 e. The van der Waals surface area contributed by atoms with Gasteiger partial charge in [-0.25, -0.2) is 0 Å². The van der Waals surface area contributed by atoms with Crippen LogP contribution in [0.15, 0.2) is 0 Å². The smallest absolute Gasteiger partial charge is 0.313 e. The summed E-state index contributed by atoms with van der Waals surface area (Å²) < 4.78 is 38.0. The summed E-state index contributed by atoms with van der Waals surface area (Å²) in [6.07, 6.45) is -0.0946. The Bertz CT molecular complexity index is 327. The van der Waals surface area contributed by atoms with E-state index < -0.39 is 12.1 Å². The van der Waals surface area contributed by atoms with Crippen molar-refractivity contribution in [1.82, 2.24) is 10.2 Å². The molecule has 3 nitrogen and oxygen atoms in total. The van der Waals surface area contributed by atoms with E-state index in [-0.39, 0.29) is 12.6 Å². The van der Waals surface area contributed by atoms with Gasteiger partial charge in [-0.3, -0.25) is 4.90 Å². The van der Waals surface area contributed by atoms with E-state index in [0.717, 1.165) is 32.2 Å². The first-order valence-electron chi connectivity index (χ1n) is 6.91. The number of rotatable bonds is 6. The molecule has 6 heteroatoms. The van der Waals surface area contributed by atoms with Gasteiger partial charge in [-0.15, -0.1) is 0 Å². The van der Waals surface area contributed by atoms with E-state index in [2.05, 4.69) is 5.32 Å². The molecule has 2 rings (SSSR count). The summed E-state index contributed by atoms with van der Waals surface area (Å²) in [5, 5.41) is 12.0. The number of nitriles is 1. The van der Waals surface area contributed by atoms with Crippen LogP contribution in [0.1, 0.15) is 25.7 Å². The summed E-state index contributed by atoms with van der Waals surface area (Å²) in [6, 6.07) is 1.69. The molecule has 0 aromatic rings. The van der Waals surface area contributed by atoms with Crippen molar-refractivity contribution in [3.8, 4) is 6.07 Å². The third-order valence-electron chi connectivity index (χ3n) is 3.85. The molecule has 2 unspecified atom stereocenters. The predicted octanol–water partition coefficient (Wildman–Crippen LogP) is 2.15. The molecule has 108 valence electrons. The molecule has 1 saturated carbocycles. The minimum Gasteiger partial charge on any atom is -0.313 e. The van der Waals surface area contributed by atoms with Crippen LogP contribution in [-0.2, 0) is 0 Å². The molecule has 1 aliphatic carbocycles. The Balaban J connectivity index is 1.89. The summed E-state index contributed by atoms with van der Waals surface area (Å²) in [4.78, 5) is 1.84. The molecule has 1 saturated heterocycles. The number of halogens is 3. The summed E-state index contributed by atoms with van der Waals surface area (Å²) in [5.41, 5.74) is 0. The Labute approximate surface area is 111 Å². The first kappa shape index (κ1) is 14.6. The van der Waals surface area contributed by atoms with Crippen LogP contribution >= 0.6 is 0 Å². The molecule has 2 atom stereocenters. The SMILES string of the molecule is N#CC(CN(CC1CC1)CC1CCCN1)C(F)(F)F. The van der Waals surface area contributed by atoms with Crippen LogP contribution in [0.3, 0.4) is 0 Å². The molecule has 1 heterocycles. The van der Waals surface area contributed by atoms with E-state index in [1.54, 1.807) is 0 Å². The fraction of sp³-hybridized carbons (Fsp3) is 0.923. The van der Waals surface area contributed by atoms with Gasteiger partial charge in [-0.05, 0) is 38.1 Å². The zero-order valence-corrected chi connectivity index (χ0v) is 10.9. The van der Waals surface area contributed by atoms with Crippen LogP contribution in [0.2, 0.25) is 0 Å². The van der Waals surface area contributed by atoms with Gasteiger partial charge >= 0.3 is 6.18 Å². The lowest BCUT2D eigenvalue weighted by atomic mass is 10.1. The molecular formula is C13H20F3N3. The molecule has 19 heavy (non-hydrogen) atoms. The van der Waals surface area contributed by atoms with Crippen molar-refractivity contribution >= 4 is 0 Å². The van der Waals surface area contributed by atoms with E-state index in [1.165, 1.54) is 6.07 Å². The number of nitrogens with one attached hydrogen (secondary N) is 1. The highest BCUT2D eigenvalue weighted by molar-refractivity contribution is 4.92. The average molecular weight is 275 g/mol. The normalized spacial score (nSPS) is 25.5. The first-order chi connectivity index (χ1) is 8.99. The fourth-order valence-electron chi connectivity index (χ4n) is 2.59. The van der Waals surface area contributed by atoms with Crippen molar-refractivity contribution in [3.63, 3.8) is 0 Å². The zero-order chi connectivity index (χ0) is 13.9. The van der Waals surface area contributed by atoms with Crippen molar-refractivity contribution in [3.05, 3.63) is 0 Å². The van der Waals surface area contributed by atoms with Crippen molar-refractivity contribution < 1.29 is 13.2 Å². The first-order valence-corrected chi connectivity index (χ1v) is 6.91. The predicted molar refractivity (Wildman–Crippen MR) is 65.3 cm³/mol. The van der Waals surface area contributed by atoms with Gasteiger partial charge in [0.2, 0.25) is 0 Å². The van der Waals surface area contributed by atoms with Crippen LogP contribution in [-0.4, -0.2) is 43.3 Å². The second-order valence-electron chi connectivity index (χ2n) is 5.68. The summed E-state index contributed by atoms with van der Waals surface area (Å²) in [6.45, 7) is 2.09. The van der Waals surface area contributed by atoms with Crippen LogP contribution in [0, 0.1) is 23.2 Å². The quantitative estimate of drug-likeness (QED) is 0.807. The molecule has 0 aromatic heterocycles. The number of hydrogen-bond acceptors (Lipinski definition) is 3. The van der Waals surface area contributed by atoms with E-state index >= 15 is 0 Å². The Morgan fingerprint density at radius 1 is 1.26 bits per heavy atom. The topological polar surface area (TPSA) is 39.1 Å². The molecule has 1 aliphatic heterocycles. The van der Waals surface area contributed by atoms with Crippen LogP contribution in [0.5, 0.6) is 0 Å². The maximum atomic E-state index is 12.7. The highest BCUT2D eigenvalue weighted by Gasteiger charge is 2.41. The second kappa shape index (κ2) is 6.10. The van der Waals surface area contributed by atoms with Crippen molar-refractivity contribution in [2.24, 2.45) is 11.8 Å². The van der Waals surface area contributed by atoms with Crippen molar-refractivity contribution in [2.75, 3.05) is 26.2 Å². The molecule has 0 radical (unpaired) electrons. The minimum absolute atomic E-state index is 0.186. The molecule has 1 N–H and O–H groups in total. The molecule has 0 bridgehead atoms. The van der Waals surface area contributed by atoms with E-state index in [9.17, 15) is 13.2 Å². The summed E-state index contributed by atoms with van der Waals surface area (Å²) >= 11 is 0. The third-order valence-corrected chi connectivity index (χ3v) is 3.85. The lowest BCUT2D eigenvalue weighted by Crippen LogP contribution is -2.43. The van der Waals surface area contributed by atoms with Gasteiger partial charge in [0.25, 0.3) is 0 Å². The molecule has 0 spiro atoms. The van der Waals surface area contributed by atoms with E-state index in [4.69, 9.17) is 5.26 Å². The highest BCUT2D eigenvalue weighted by atomic mass is 19.4. The number of alkyl halides is 3. The van der Waals surface area contributed by atoms with E-state index in [0.29, 0.717) is 19.0 Å². The van der Waals surface area contributed by atoms with Gasteiger partial charge in [0.05, 0.1) is 6.07 Å². The van der Waals surface area contributed by atoms with Gasteiger partial charge in [0.1, 0.15) is 0 Å².